The molecule has 0 bridgehead atoms. The molecule has 0 radical (unpaired) electrons. The van der Waals surface area contributed by atoms with Crippen molar-refractivity contribution < 1.29 is 14.0 Å². The Labute approximate surface area is 149 Å². The highest BCUT2D eigenvalue weighted by molar-refractivity contribution is 9.10. The van der Waals surface area contributed by atoms with Crippen LogP contribution in [0.25, 0.3) is 6.08 Å². The van der Waals surface area contributed by atoms with E-state index in [-0.39, 0.29) is 5.56 Å². The van der Waals surface area contributed by atoms with E-state index in [9.17, 15) is 14.0 Å². The van der Waals surface area contributed by atoms with E-state index in [2.05, 4.69) is 42.7 Å². The number of nitrogens with one attached hydrogen (secondary N) is 2. The third kappa shape index (κ3) is 5.01. The molecule has 2 amide bonds. The maximum absolute atomic E-state index is 13.5. The van der Waals surface area contributed by atoms with Gasteiger partial charge in [0.1, 0.15) is 5.82 Å². The van der Waals surface area contributed by atoms with Gasteiger partial charge in [0.25, 0.3) is 11.8 Å². The van der Waals surface area contributed by atoms with Crippen LogP contribution >= 0.6 is 31.9 Å². The van der Waals surface area contributed by atoms with E-state index < -0.39 is 17.6 Å². The van der Waals surface area contributed by atoms with Gasteiger partial charge in [0.05, 0.1) is 5.56 Å². The standard InChI is InChI=1S/C16H11Br2FN2O2/c17-11-6-7-14(19)10(9-11)5-8-15(22)20-21-16(23)12-3-1-2-4-13(12)18/h1-9H,(H,20,22)(H,21,23)/b8-5+. The second-order valence-corrected chi connectivity index (χ2v) is 6.19. The summed E-state index contributed by atoms with van der Waals surface area (Å²) < 4.78 is 14.8. The van der Waals surface area contributed by atoms with E-state index >= 15 is 0 Å². The minimum Gasteiger partial charge on any atom is -0.268 e. The average molecular weight is 442 g/mol. The number of hydrogen-bond acceptors (Lipinski definition) is 2. The van der Waals surface area contributed by atoms with Gasteiger partial charge in [-0.15, -0.1) is 0 Å². The van der Waals surface area contributed by atoms with Crippen LogP contribution in [0.2, 0.25) is 0 Å². The van der Waals surface area contributed by atoms with Gasteiger partial charge in [-0.3, -0.25) is 20.4 Å². The zero-order valence-electron chi connectivity index (χ0n) is 11.6. The number of amides is 2. The molecule has 0 saturated heterocycles. The van der Waals surface area contributed by atoms with E-state index in [1.54, 1.807) is 36.4 Å². The van der Waals surface area contributed by atoms with Crippen LogP contribution in [0.4, 0.5) is 4.39 Å². The Morgan fingerprint density at radius 1 is 1.04 bits per heavy atom. The zero-order valence-corrected chi connectivity index (χ0v) is 14.8. The Balaban J connectivity index is 1.95. The van der Waals surface area contributed by atoms with Gasteiger partial charge in [0, 0.05) is 20.6 Å². The molecule has 0 atom stereocenters. The first-order valence-electron chi connectivity index (χ1n) is 6.45. The molecule has 0 aromatic heterocycles. The summed E-state index contributed by atoms with van der Waals surface area (Å²) in [7, 11) is 0. The maximum Gasteiger partial charge on any atom is 0.270 e. The Hall–Kier alpha value is -1.99. The summed E-state index contributed by atoms with van der Waals surface area (Å²) in [5.41, 5.74) is 5.15. The van der Waals surface area contributed by atoms with Gasteiger partial charge < -0.3 is 0 Å². The molecule has 0 saturated carbocycles. The quantitative estimate of drug-likeness (QED) is 0.561. The van der Waals surface area contributed by atoms with Crippen molar-refractivity contribution in [1.82, 2.24) is 10.9 Å². The first kappa shape index (κ1) is 17.4. The van der Waals surface area contributed by atoms with Crippen molar-refractivity contribution in [2.45, 2.75) is 0 Å². The topological polar surface area (TPSA) is 58.2 Å². The summed E-state index contributed by atoms with van der Waals surface area (Å²) in [5.74, 6) is -1.49. The van der Waals surface area contributed by atoms with Gasteiger partial charge in [-0.05, 0) is 52.3 Å². The number of hydrazine groups is 1. The van der Waals surface area contributed by atoms with Crippen molar-refractivity contribution in [3.05, 3.63) is 74.4 Å². The monoisotopic (exact) mass is 440 g/mol. The third-order valence-electron chi connectivity index (χ3n) is 2.79. The van der Waals surface area contributed by atoms with E-state index in [1.165, 1.54) is 12.1 Å². The fourth-order valence-corrected chi connectivity index (χ4v) is 2.52. The number of benzene rings is 2. The molecule has 23 heavy (non-hydrogen) atoms. The van der Waals surface area contributed by atoms with E-state index in [0.29, 0.717) is 14.5 Å². The molecule has 0 heterocycles. The fourth-order valence-electron chi connectivity index (χ4n) is 1.68. The lowest BCUT2D eigenvalue weighted by Gasteiger charge is -2.06. The minimum absolute atomic E-state index is 0.256. The molecule has 0 unspecified atom stereocenters. The molecule has 4 nitrogen and oxygen atoms in total. The summed E-state index contributed by atoms with van der Waals surface area (Å²) in [6.45, 7) is 0. The summed E-state index contributed by atoms with van der Waals surface area (Å²) in [5, 5.41) is 0. The van der Waals surface area contributed by atoms with Crippen molar-refractivity contribution in [3.63, 3.8) is 0 Å². The SMILES string of the molecule is O=C(/C=C/c1cc(Br)ccc1F)NNC(=O)c1ccccc1Br. The van der Waals surface area contributed by atoms with Crippen LogP contribution in [-0.4, -0.2) is 11.8 Å². The summed E-state index contributed by atoms with van der Waals surface area (Å²) >= 11 is 6.47. The highest BCUT2D eigenvalue weighted by Crippen LogP contribution is 2.17. The van der Waals surface area contributed by atoms with Crippen LogP contribution in [0.15, 0.2) is 57.5 Å². The van der Waals surface area contributed by atoms with Crippen LogP contribution in [0, 0.1) is 5.82 Å². The number of carbonyl (C=O) groups is 2. The van der Waals surface area contributed by atoms with E-state index in [4.69, 9.17) is 0 Å². The molecule has 0 aliphatic heterocycles. The predicted molar refractivity (Wildman–Crippen MR) is 92.9 cm³/mol. The van der Waals surface area contributed by atoms with E-state index in [1.807, 2.05) is 0 Å². The second kappa shape index (κ2) is 8.03. The molecule has 0 aliphatic carbocycles. The lowest BCUT2D eigenvalue weighted by atomic mass is 10.2. The second-order valence-electron chi connectivity index (χ2n) is 4.42. The smallest absolute Gasteiger partial charge is 0.268 e. The molecule has 2 aromatic rings. The van der Waals surface area contributed by atoms with Crippen molar-refractivity contribution in [1.29, 1.82) is 0 Å². The lowest BCUT2D eigenvalue weighted by Crippen LogP contribution is -2.40. The molecule has 0 fully saturated rings. The van der Waals surface area contributed by atoms with Gasteiger partial charge in [-0.25, -0.2) is 4.39 Å². The number of hydrogen-bond donors (Lipinski definition) is 2. The largest absolute Gasteiger partial charge is 0.270 e. The van der Waals surface area contributed by atoms with Gasteiger partial charge in [-0.2, -0.15) is 0 Å². The number of carbonyl (C=O) groups excluding carboxylic acids is 2. The van der Waals surface area contributed by atoms with Crippen molar-refractivity contribution >= 4 is 49.8 Å². The number of halogens is 3. The lowest BCUT2D eigenvalue weighted by molar-refractivity contribution is -0.117. The molecule has 2 rings (SSSR count). The van der Waals surface area contributed by atoms with Crippen LogP contribution in [-0.2, 0) is 4.79 Å². The maximum atomic E-state index is 13.5. The predicted octanol–water partition coefficient (Wildman–Crippen LogP) is 3.83. The normalized spacial score (nSPS) is 10.6. The molecule has 118 valence electrons. The van der Waals surface area contributed by atoms with Gasteiger partial charge in [0.15, 0.2) is 0 Å². The first-order valence-corrected chi connectivity index (χ1v) is 8.04. The highest BCUT2D eigenvalue weighted by Gasteiger charge is 2.09. The summed E-state index contributed by atoms with van der Waals surface area (Å²) in [6.07, 6.45) is 2.45. The van der Waals surface area contributed by atoms with Gasteiger partial charge >= 0.3 is 0 Å². The van der Waals surface area contributed by atoms with Gasteiger partial charge in [-0.1, -0.05) is 28.1 Å². The number of rotatable bonds is 3. The van der Waals surface area contributed by atoms with Gasteiger partial charge in [0.2, 0.25) is 0 Å². The minimum atomic E-state index is -0.579. The first-order chi connectivity index (χ1) is 11.0. The third-order valence-corrected chi connectivity index (χ3v) is 3.97. The van der Waals surface area contributed by atoms with Crippen molar-refractivity contribution in [2.24, 2.45) is 0 Å². The Morgan fingerprint density at radius 2 is 1.78 bits per heavy atom. The summed E-state index contributed by atoms with van der Waals surface area (Å²) in [6, 6.07) is 11.2. The fraction of sp³-hybridized carbons (Fsp3) is 0. The zero-order chi connectivity index (χ0) is 16.8. The van der Waals surface area contributed by atoms with Crippen molar-refractivity contribution in [2.75, 3.05) is 0 Å². The van der Waals surface area contributed by atoms with E-state index in [0.717, 1.165) is 6.08 Å². The Morgan fingerprint density at radius 3 is 2.52 bits per heavy atom. The van der Waals surface area contributed by atoms with Crippen LogP contribution < -0.4 is 10.9 Å². The molecular formula is C16H11Br2FN2O2. The molecule has 0 aliphatic rings. The molecule has 2 N–H and O–H groups in total. The molecule has 0 spiro atoms. The van der Waals surface area contributed by atoms with Crippen molar-refractivity contribution in [3.8, 4) is 0 Å². The molecular weight excluding hydrogens is 431 g/mol. The van der Waals surface area contributed by atoms with Crippen LogP contribution in [0.5, 0.6) is 0 Å². The summed E-state index contributed by atoms with van der Waals surface area (Å²) in [4.78, 5) is 23.6. The molecule has 7 heteroatoms. The van der Waals surface area contributed by atoms with Crippen LogP contribution in [0.3, 0.4) is 0 Å². The Kier molecular flexibility index (Phi) is 6.06. The highest BCUT2D eigenvalue weighted by atomic mass is 79.9. The Bertz CT molecular complexity index is 778. The average Bonchev–Trinajstić information content (AvgIpc) is 2.54. The van der Waals surface area contributed by atoms with Crippen LogP contribution in [0.1, 0.15) is 15.9 Å². The molecule has 2 aromatic carbocycles.